The van der Waals surface area contributed by atoms with E-state index in [0.29, 0.717) is 17.9 Å². The molecule has 2 aromatic carbocycles. The Bertz CT molecular complexity index is 951. The van der Waals surface area contributed by atoms with Gasteiger partial charge in [0, 0.05) is 5.56 Å². The van der Waals surface area contributed by atoms with Crippen LogP contribution in [0.15, 0.2) is 47.4 Å². The number of nitrogens with one attached hydrogen (secondary N) is 1. The van der Waals surface area contributed by atoms with E-state index in [1.807, 2.05) is 13.8 Å². The molecule has 0 fully saturated rings. The van der Waals surface area contributed by atoms with Crippen molar-refractivity contribution in [1.82, 2.24) is 4.72 Å². The highest BCUT2D eigenvalue weighted by Gasteiger charge is 2.17. The molecule has 0 heterocycles. The molecule has 0 bridgehead atoms. The Hall–Kier alpha value is -2.71. The third-order valence-corrected chi connectivity index (χ3v) is 5.45. The van der Waals surface area contributed by atoms with Gasteiger partial charge in [0.2, 0.25) is 10.0 Å². The smallest absolute Gasteiger partial charge is 0.321 e. The molecule has 0 aromatic heterocycles. The van der Waals surface area contributed by atoms with Crippen LogP contribution in [-0.4, -0.2) is 39.9 Å². The van der Waals surface area contributed by atoms with Crippen LogP contribution >= 0.6 is 0 Å². The second-order valence-corrected chi connectivity index (χ2v) is 7.88. The first-order valence-electron chi connectivity index (χ1n) is 8.71. The minimum Gasteiger partial charge on any atom is -0.494 e. The summed E-state index contributed by atoms with van der Waals surface area (Å²) in [7, 11) is -3.85. The molecule has 0 aliphatic carbocycles. The van der Waals surface area contributed by atoms with Gasteiger partial charge in [-0.25, -0.2) is 8.42 Å². The summed E-state index contributed by atoms with van der Waals surface area (Å²) in [5, 5.41) is 0. The third-order valence-electron chi connectivity index (χ3n) is 4.05. The van der Waals surface area contributed by atoms with Crippen molar-refractivity contribution in [2.45, 2.75) is 25.7 Å². The van der Waals surface area contributed by atoms with E-state index in [0.717, 1.165) is 11.1 Å². The SMILES string of the molecule is CCOc1ccc(C(=O)COC(=O)CNS(=O)(=O)c2ccc(C)c(C)c2)cc1. The number of ether oxygens (including phenoxy) is 2. The lowest BCUT2D eigenvalue weighted by molar-refractivity contribution is -0.141. The minimum atomic E-state index is -3.85. The summed E-state index contributed by atoms with van der Waals surface area (Å²) >= 11 is 0. The molecule has 0 radical (unpaired) electrons. The second-order valence-electron chi connectivity index (χ2n) is 6.11. The molecule has 0 aliphatic rings. The van der Waals surface area contributed by atoms with Gasteiger partial charge < -0.3 is 9.47 Å². The Balaban J connectivity index is 1.86. The molecule has 1 N–H and O–H groups in total. The zero-order valence-corrected chi connectivity index (χ0v) is 16.8. The van der Waals surface area contributed by atoms with E-state index >= 15 is 0 Å². The number of sulfonamides is 1. The molecule has 28 heavy (non-hydrogen) atoms. The molecule has 0 atom stereocenters. The minimum absolute atomic E-state index is 0.0638. The van der Waals surface area contributed by atoms with E-state index in [9.17, 15) is 18.0 Å². The number of carbonyl (C=O) groups excluding carboxylic acids is 2. The summed E-state index contributed by atoms with van der Waals surface area (Å²) in [5.74, 6) is -0.600. The predicted molar refractivity (Wildman–Crippen MR) is 104 cm³/mol. The number of carbonyl (C=O) groups is 2. The first-order valence-corrected chi connectivity index (χ1v) is 10.2. The summed E-state index contributed by atoms with van der Waals surface area (Å²) in [4.78, 5) is 23.9. The average molecular weight is 405 g/mol. The van der Waals surface area contributed by atoms with Crippen LogP contribution in [-0.2, 0) is 19.6 Å². The Morgan fingerprint density at radius 2 is 1.68 bits per heavy atom. The van der Waals surface area contributed by atoms with Gasteiger partial charge in [-0.15, -0.1) is 0 Å². The summed E-state index contributed by atoms with van der Waals surface area (Å²) in [6.07, 6.45) is 0. The summed E-state index contributed by atoms with van der Waals surface area (Å²) in [6, 6.07) is 11.1. The number of rotatable bonds is 9. The lowest BCUT2D eigenvalue weighted by Gasteiger charge is -2.09. The van der Waals surface area contributed by atoms with Gasteiger partial charge in [0.05, 0.1) is 11.5 Å². The van der Waals surface area contributed by atoms with Crippen molar-refractivity contribution in [3.05, 3.63) is 59.2 Å². The van der Waals surface area contributed by atoms with Crippen LogP contribution in [0.25, 0.3) is 0 Å². The van der Waals surface area contributed by atoms with E-state index in [4.69, 9.17) is 9.47 Å². The molecule has 0 amide bonds. The summed E-state index contributed by atoms with van der Waals surface area (Å²) in [6.45, 7) is 5.01. The van der Waals surface area contributed by atoms with Gasteiger partial charge >= 0.3 is 5.97 Å². The van der Waals surface area contributed by atoms with Gasteiger partial charge in [-0.1, -0.05) is 6.07 Å². The molecule has 150 valence electrons. The largest absolute Gasteiger partial charge is 0.494 e. The molecule has 7 nitrogen and oxygen atoms in total. The first kappa shape index (κ1) is 21.6. The van der Waals surface area contributed by atoms with E-state index in [-0.39, 0.29) is 4.90 Å². The number of hydrogen-bond acceptors (Lipinski definition) is 6. The van der Waals surface area contributed by atoms with Crippen LogP contribution in [0, 0.1) is 13.8 Å². The molecular formula is C20H23NO6S. The van der Waals surface area contributed by atoms with Crippen molar-refractivity contribution in [3.63, 3.8) is 0 Å². The van der Waals surface area contributed by atoms with E-state index in [1.165, 1.54) is 12.1 Å². The molecule has 2 aromatic rings. The molecule has 0 aliphatic heterocycles. The highest BCUT2D eigenvalue weighted by Crippen LogP contribution is 2.15. The van der Waals surface area contributed by atoms with Crippen LogP contribution in [0.3, 0.4) is 0 Å². The lowest BCUT2D eigenvalue weighted by Crippen LogP contribution is -2.31. The van der Waals surface area contributed by atoms with E-state index in [2.05, 4.69) is 4.72 Å². The van der Waals surface area contributed by atoms with E-state index < -0.39 is 34.9 Å². The van der Waals surface area contributed by atoms with Gasteiger partial charge in [-0.2, -0.15) is 4.72 Å². The molecule has 0 unspecified atom stereocenters. The topological polar surface area (TPSA) is 98.8 Å². The fourth-order valence-electron chi connectivity index (χ4n) is 2.30. The number of aryl methyl sites for hydroxylation is 2. The van der Waals surface area contributed by atoms with Crippen LogP contribution in [0.4, 0.5) is 0 Å². The first-order chi connectivity index (χ1) is 13.2. The van der Waals surface area contributed by atoms with Crippen molar-refractivity contribution >= 4 is 21.8 Å². The van der Waals surface area contributed by atoms with Crippen LogP contribution in [0.1, 0.15) is 28.4 Å². The third kappa shape index (κ3) is 5.90. The van der Waals surface area contributed by atoms with Crippen molar-refractivity contribution in [3.8, 4) is 5.75 Å². The number of hydrogen-bond donors (Lipinski definition) is 1. The normalized spacial score (nSPS) is 11.1. The lowest BCUT2D eigenvalue weighted by atomic mass is 10.1. The van der Waals surface area contributed by atoms with Crippen LogP contribution < -0.4 is 9.46 Å². The molecular weight excluding hydrogens is 382 g/mol. The highest BCUT2D eigenvalue weighted by molar-refractivity contribution is 7.89. The summed E-state index contributed by atoms with van der Waals surface area (Å²) in [5.41, 5.74) is 2.16. The maximum absolute atomic E-state index is 12.2. The molecule has 2 rings (SSSR count). The molecule has 0 spiro atoms. The molecule has 0 saturated carbocycles. The fraction of sp³-hybridized carbons (Fsp3) is 0.300. The Labute approximate surface area is 164 Å². The second kappa shape index (κ2) is 9.48. The van der Waals surface area contributed by atoms with Crippen LogP contribution in [0.5, 0.6) is 5.75 Å². The monoisotopic (exact) mass is 405 g/mol. The zero-order valence-electron chi connectivity index (χ0n) is 16.0. The standard InChI is InChI=1S/C20H23NO6S/c1-4-26-17-8-6-16(7-9-17)19(22)13-27-20(23)12-21-28(24,25)18-10-5-14(2)15(3)11-18/h5-11,21H,4,12-13H2,1-3H3. The number of ketones is 1. The highest BCUT2D eigenvalue weighted by atomic mass is 32.2. The zero-order chi connectivity index (χ0) is 20.7. The summed E-state index contributed by atoms with van der Waals surface area (Å²) < 4.78 is 36.8. The van der Waals surface area contributed by atoms with Crippen molar-refractivity contribution in [2.24, 2.45) is 0 Å². The van der Waals surface area contributed by atoms with Gasteiger partial charge in [0.25, 0.3) is 0 Å². The van der Waals surface area contributed by atoms with Gasteiger partial charge in [0.15, 0.2) is 12.4 Å². The van der Waals surface area contributed by atoms with Crippen molar-refractivity contribution < 1.29 is 27.5 Å². The van der Waals surface area contributed by atoms with Gasteiger partial charge in [0.1, 0.15) is 12.3 Å². The average Bonchev–Trinajstić information content (AvgIpc) is 2.67. The maximum Gasteiger partial charge on any atom is 0.321 e. The molecule has 8 heteroatoms. The Kier molecular flexibility index (Phi) is 7.31. The fourth-order valence-corrected chi connectivity index (χ4v) is 3.36. The van der Waals surface area contributed by atoms with E-state index in [1.54, 1.807) is 37.3 Å². The number of esters is 1. The Morgan fingerprint density at radius 1 is 1.00 bits per heavy atom. The predicted octanol–water partition coefficient (Wildman–Crippen LogP) is 2.41. The van der Waals surface area contributed by atoms with Crippen LogP contribution in [0.2, 0.25) is 0 Å². The van der Waals surface area contributed by atoms with Crippen molar-refractivity contribution in [2.75, 3.05) is 19.8 Å². The quantitative estimate of drug-likeness (QED) is 0.508. The number of Topliss-reactive ketones (excluding diaryl/α,β-unsaturated/α-hetero) is 1. The maximum atomic E-state index is 12.2. The number of benzene rings is 2. The van der Waals surface area contributed by atoms with Gasteiger partial charge in [-0.3, -0.25) is 9.59 Å². The molecule has 0 saturated heterocycles. The Morgan fingerprint density at radius 3 is 2.29 bits per heavy atom. The van der Waals surface area contributed by atoms with Crippen molar-refractivity contribution in [1.29, 1.82) is 0 Å². The van der Waals surface area contributed by atoms with Gasteiger partial charge in [-0.05, 0) is 68.3 Å².